The topological polar surface area (TPSA) is 151 Å². The molecular weight excluding hydrogens is 450 g/mol. The number of aliphatic hydroxyl groups is 2. The predicted octanol–water partition coefficient (Wildman–Crippen LogP) is 0.622. The Hall–Kier alpha value is -2.89. The van der Waals surface area contributed by atoms with Crippen molar-refractivity contribution in [3.63, 3.8) is 0 Å². The number of ether oxygens (including phenoxy) is 1. The van der Waals surface area contributed by atoms with Gasteiger partial charge in [0.2, 0.25) is 0 Å². The summed E-state index contributed by atoms with van der Waals surface area (Å²) >= 11 is 1.15. The van der Waals surface area contributed by atoms with Crippen LogP contribution >= 0.6 is 11.8 Å². The molecule has 0 radical (unpaired) electrons. The molecule has 0 fully saturated rings. The molecule has 0 saturated carbocycles. The van der Waals surface area contributed by atoms with Gasteiger partial charge >= 0.3 is 5.97 Å². The molecule has 0 saturated heterocycles. The van der Waals surface area contributed by atoms with E-state index in [1.807, 2.05) is 0 Å². The van der Waals surface area contributed by atoms with Gasteiger partial charge in [0.05, 0.1) is 23.5 Å². The number of carbonyl (C=O) groups is 3. The Morgan fingerprint density at radius 1 is 1.18 bits per heavy atom. The van der Waals surface area contributed by atoms with Gasteiger partial charge in [-0.3, -0.25) is 9.59 Å². The summed E-state index contributed by atoms with van der Waals surface area (Å²) in [4.78, 5) is 42.3. The molecular formula is C22H27N3O7S. The first-order valence-electron chi connectivity index (χ1n) is 10.6. The summed E-state index contributed by atoms with van der Waals surface area (Å²) in [5, 5.41) is 25.6. The maximum Gasteiger partial charge on any atom is 0.329 e. The molecule has 178 valence electrons. The molecule has 10 nitrogen and oxygen atoms in total. The van der Waals surface area contributed by atoms with Gasteiger partial charge in [-0.15, -0.1) is 11.8 Å². The number of hydrogen-bond donors (Lipinski definition) is 4. The molecule has 1 aromatic rings. The zero-order valence-electron chi connectivity index (χ0n) is 18.1. The highest BCUT2D eigenvalue weighted by Crippen LogP contribution is 2.22. The lowest BCUT2D eigenvalue weighted by molar-refractivity contribution is -0.149. The van der Waals surface area contributed by atoms with Crippen LogP contribution in [0.4, 0.5) is 0 Å². The molecule has 2 aliphatic heterocycles. The number of aliphatic hydroxyl groups excluding tert-OH is 2. The Balaban J connectivity index is 1.84. The van der Waals surface area contributed by atoms with Crippen LogP contribution in [0.5, 0.6) is 0 Å². The van der Waals surface area contributed by atoms with E-state index in [9.17, 15) is 24.6 Å². The number of allylic oxidation sites excluding steroid dienone is 2. The van der Waals surface area contributed by atoms with E-state index in [4.69, 9.17) is 9.15 Å². The molecule has 0 aromatic carbocycles. The van der Waals surface area contributed by atoms with Crippen LogP contribution in [0.15, 0.2) is 46.0 Å². The molecule has 3 heterocycles. The van der Waals surface area contributed by atoms with Crippen molar-refractivity contribution in [1.82, 2.24) is 15.6 Å². The molecule has 2 amide bonds. The van der Waals surface area contributed by atoms with E-state index in [0.717, 1.165) is 18.0 Å². The summed E-state index contributed by atoms with van der Waals surface area (Å²) in [6, 6.07) is -1.00. The van der Waals surface area contributed by atoms with Gasteiger partial charge < -0.3 is 30.0 Å². The molecule has 4 atom stereocenters. The van der Waals surface area contributed by atoms with Crippen molar-refractivity contribution in [2.45, 2.75) is 50.5 Å². The van der Waals surface area contributed by atoms with Crippen molar-refractivity contribution in [2.75, 3.05) is 12.3 Å². The van der Waals surface area contributed by atoms with Crippen molar-refractivity contribution in [2.24, 2.45) is 0 Å². The third-order valence-electron chi connectivity index (χ3n) is 4.84. The smallest absolute Gasteiger partial charge is 0.329 e. The van der Waals surface area contributed by atoms with E-state index in [0.29, 0.717) is 11.3 Å². The third kappa shape index (κ3) is 7.58. The predicted molar refractivity (Wildman–Crippen MR) is 120 cm³/mol. The zero-order valence-corrected chi connectivity index (χ0v) is 18.9. The Labute approximate surface area is 195 Å². The van der Waals surface area contributed by atoms with Crippen molar-refractivity contribution in [3.8, 4) is 0 Å². The number of rotatable bonds is 0. The fourth-order valence-corrected chi connectivity index (χ4v) is 4.10. The molecule has 4 bridgehead atoms. The third-order valence-corrected chi connectivity index (χ3v) is 6.00. The van der Waals surface area contributed by atoms with Gasteiger partial charge in [-0.25, -0.2) is 9.78 Å². The van der Waals surface area contributed by atoms with Crippen molar-refractivity contribution >= 4 is 29.5 Å². The van der Waals surface area contributed by atoms with Gasteiger partial charge in [0.1, 0.15) is 18.4 Å². The molecule has 4 N–H and O–H groups in total. The number of thioether (sulfide) groups is 1. The number of cyclic esters (lactones) is 1. The lowest BCUT2D eigenvalue weighted by Crippen LogP contribution is -2.44. The van der Waals surface area contributed by atoms with Crippen LogP contribution in [0.2, 0.25) is 0 Å². The highest BCUT2D eigenvalue weighted by molar-refractivity contribution is 8.04. The highest BCUT2D eigenvalue weighted by Gasteiger charge is 2.28. The molecule has 0 aliphatic carbocycles. The van der Waals surface area contributed by atoms with Crippen LogP contribution in [0.25, 0.3) is 0 Å². The van der Waals surface area contributed by atoms with Gasteiger partial charge in [-0.1, -0.05) is 30.4 Å². The Morgan fingerprint density at radius 2 is 2.00 bits per heavy atom. The van der Waals surface area contributed by atoms with Gasteiger partial charge in [0.25, 0.3) is 11.8 Å². The first kappa shape index (κ1) is 24.7. The molecule has 3 rings (SSSR count). The molecule has 1 aromatic heterocycles. The standard InChI is InChI=1S/C22H27N3O7S/c1-13-6-7-18-21(29)23-8-4-2-3-5-14(26)9-15(27)10-19-24-16(11-31-19)20(28)25-17(12-33-18)22(30)32-13/h2-5,7,11,13-15,17,26-27H,6,8-10,12H2,1H3,(H,23,29)(H,25,28)/b4-2+,5-3+,18-7-/t13?,14-,15-,17?/m1/s1. The number of fused-ring (bicyclic) bond motifs is 5. The van der Waals surface area contributed by atoms with Crippen LogP contribution in [0, 0.1) is 0 Å². The first-order valence-corrected chi connectivity index (χ1v) is 11.6. The van der Waals surface area contributed by atoms with Crippen LogP contribution in [0.3, 0.4) is 0 Å². The lowest BCUT2D eigenvalue weighted by atomic mass is 10.1. The summed E-state index contributed by atoms with van der Waals surface area (Å²) < 4.78 is 10.7. The van der Waals surface area contributed by atoms with Crippen molar-refractivity contribution < 1.29 is 33.8 Å². The fraction of sp³-hybridized carbons (Fsp3) is 0.455. The van der Waals surface area contributed by atoms with Gasteiger partial charge in [-0.05, 0) is 6.92 Å². The van der Waals surface area contributed by atoms with E-state index in [1.54, 1.807) is 31.2 Å². The average Bonchev–Trinajstić information content (AvgIpc) is 3.23. The van der Waals surface area contributed by atoms with Crippen LogP contribution in [0.1, 0.15) is 36.1 Å². The Bertz CT molecular complexity index is 956. The second-order valence-electron chi connectivity index (χ2n) is 7.70. The SMILES string of the molecule is CC1C/C=C2\SCC(NC(=O)c3coc(n3)C[C@H](O)C[C@H](O)/C=C/C=C/CNC2=O)C(=O)O1. The quantitative estimate of drug-likeness (QED) is 0.394. The van der Waals surface area contributed by atoms with Gasteiger partial charge in [0, 0.05) is 25.1 Å². The maximum absolute atomic E-state index is 12.6. The summed E-state index contributed by atoms with van der Waals surface area (Å²) in [6.45, 7) is 1.97. The zero-order chi connectivity index (χ0) is 23.8. The molecule has 2 unspecified atom stereocenters. The Morgan fingerprint density at radius 3 is 2.82 bits per heavy atom. The van der Waals surface area contributed by atoms with Crippen LogP contribution in [-0.2, 0) is 20.7 Å². The van der Waals surface area contributed by atoms with E-state index < -0.39 is 36.2 Å². The number of carbonyl (C=O) groups excluding carboxylic acids is 3. The molecule has 11 heteroatoms. The van der Waals surface area contributed by atoms with Crippen LogP contribution in [-0.4, -0.2) is 69.6 Å². The fourth-order valence-electron chi connectivity index (χ4n) is 3.12. The van der Waals surface area contributed by atoms with Crippen molar-refractivity contribution in [1.29, 1.82) is 0 Å². The second-order valence-corrected chi connectivity index (χ2v) is 8.76. The molecule has 0 spiro atoms. The second kappa shape index (κ2) is 11.8. The normalized spacial score (nSPS) is 31.5. The van der Waals surface area contributed by atoms with Gasteiger partial charge in [0.15, 0.2) is 11.6 Å². The largest absolute Gasteiger partial charge is 0.461 e. The number of nitrogens with one attached hydrogen (secondary N) is 2. The number of aromatic nitrogens is 1. The average molecular weight is 478 g/mol. The minimum absolute atomic E-state index is 0.00699. The van der Waals surface area contributed by atoms with Crippen LogP contribution < -0.4 is 10.6 Å². The number of hydrogen-bond acceptors (Lipinski definition) is 9. The summed E-state index contributed by atoms with van der Waals surface area (Å²) in [6.07, 6.45) is 7.47. The van der Waals surface area contributed by atoms with Crippen molar-refractivity contribution in [3.05, 3.63) is 53.1 Å². The monoisotopic (exact) mass is 477 g/mol. The van der Waals surface area contributed by atoms with E-state index in [2.05, 4.69) is 15.6 Å². The van der Waals surface area contributed by atoms with E-state index >= 15 is 0 Å². The minimum Gasteiger partial charge on any atom is -0.461 e. The van der Waals surface area contributed by atoms with Gasteiger partial charge in [-0.2, -0.15) is 0 Å². The minimum atomic E-state index is -1.00. The number of nitrogens with zero attached hydrogens (tertiary/aromatic N) is 1. The summed E-state index contributed by atoms with van der Waals surface area (Å²) in [7, 11) is 0. The number of oxazole rings is 1. The van der Waals surface area contributed by atoms with E-state index in [1.165, 1.54) is 6.08 Å². The first-order chi connectivity index (χ1) is 15.8. The summed E-state index contributed by atoms with van der Waals surface area (Å²) in [5.41, 5.74) is -0.0589. The lowest BCUT2D eigenvalue weighted by Gasteiger charge is -2.18. The van der Waals surface area contributed by atoms with E-state index in [-0.39, 0.29) is 42.6 Å². The molecule has 2 aliphatic rings. The summed E-state index contributed by atoms with van der Waals surface area (Å²) in [5.74, 6) is -1.34. The maximum atomic E-state index is 12.6. The molecule has 33 heavy (non-hydrogen) atoms. The Kier molecular flexibility index (Phi) is 8.87. The number of esters is 1. The number of amides is 2. The highest BCUT2D eigenvalue weighted by atomic mass is 32.2.